The van der Waals surface area contributed by atoms with Gasteiger partial charge in [0.1, 0.15) is 18.2 Å². The Morgan fingerprint density at radius 3 is 2.56 bits per heavy atom. The summed E-state index contributed by atoms with van der Waals surface area (Å²) in [7, 11) is 0. The number of benzene rings is 2. The van der Waals surface area contributed by atoms with Gasteiger partial charge in [0.2, 0.25) is 5.82 Å². The van der Waals surface area contributed by atoms with Crippen molar-refractivity contribution in [3.8, 4) is 17.0 Å². The minimum Gasteiger partial charge on any atom is -0.490 e. The zero-order chi connectivity index (χ0) is 17.6. The summed E-state index contributed by atoms with van der Waals surface area (Å²) in [6.45, 7) is 3.96. The molecule has 2 aromatic carbocycles. The van der Waals surface area contributed by atoms with E-state index in [9.17, 15) is 9.18 Å². The highest BCUT2D eigenvalue weighted by atomic mass is 19.1. The Morgan fingerprint density at radius 1 is 1.16 bits per heavy atom. The normalized spacial score (nSPS) is 10.3. The van der Waals surface area contributed by atoms with Gasteiger partial charge in [-0.15, -0.1) is 0 Å². The van der Waals surface area contributed by atoms with E-state index in [1.165, 1.54) is 24.3 Å². The number of amides is 1. The predicted molar refractivity (Wildman–Crippen MR) is 89.8 cm³/mol. The number of nitrogens with one attached hydrogen (secondary N) is 1. The van der Waals surface area contributed by atoms with E-state index in [4.69, 9.17) is 9.37 Å². The molecule has 0 saturated heterocycles. The van der Waals surface area contributed by atoms with E-state index < -0.39 is 0 Å². The SMILES string of the molecule is C=CCOc1ccc(C(=O)Nc2nonc2-c2ccc(F)cc2)cc1. The van der Waals surface area contributed by atoms with Gasteiger partial charge in [0.15, 0.2) is 5.69 Å². The van der Waals surface area contributed by atoms with Gasteiger partial charge in [-0.05, 0) is 58.8 Å². The molecule has 3 rings (SSSR count). The van der Waals surface area contributed by atoms with Crippen LogP contribution in [-0.4, -0.2) is 22.8 Å². The van der Waals surface area contributed by atoms with E-state index in [0.29, 0.717) is 29.2 Å². The molecule has 0 aliphatic heterocycles. The van der Waals surface area contributed by atoms with Crippen LogP contribution in [0.5, 0.6) is 5.75 Å². The first-order chi connectivity index (χ1) is 12.2. The topological polar surface area (TPSA) is 77.2 Å². The van der Waals surface area contributed by atoms with Crippen molar-refractivity contribution in [1.82, 2.24) is 10.3 Å². The maximum absolute atomic E-state index is 13.0. The van der Waals surface area contributed by atoms with Gasteiger partial charge >= 0.3 is 0 Å². The van der Waals surface area contributed by atoms with Crippen molar-refractivity contribution in [2.24, 2.45) is 0 Å². The van der Waals surface area contributed by atoms with Gasteiger partial charge in [-0.3, -0.25) is 4.79 Å². The number of carbonyl (C=O) groups is 1. The van der Waals surface area contributed by atoms with Crippen molar-refractivity contribution in [2.45, 2.75) is 0 Å². The Hall–Kier alpha value is -3.48. The molecule has 0 aliphatic rings. The van der Waals surface area contributed by atoms with Crippen LogP contribution >= 0.6 is 0 Å². The van der Waals surface area contributed by atoms with Crippen LogP contribution in [0.3, 0.4) is 0 Å². The lowest BCUT2D eigenvalue weighted by atomic mass is 10.1. The maximum atomic E-state index is 13.0. The summed E-state index contributed by atoms with van der Waals surface area (Å²) in [5, 5.41) is 10.1. The molecule has 1 aromatic heterocycles. The highest BCUT2D eigenvalue weighted by Gasteiger charge is 2.16. The summed E-state index contributed by atoms with van der Waals surface area (Å²) in [5.41, 5.74) is 1.31. The minimum absolute atomic E-state index is 0.156. The summed E-state index contributed by atoms with van der Waals surface area (Å²) < 4.78 is 23.1. The molecule has 0 radical (unpaired) electrons. The Labute approximate surface area is 142 Å². The predicted octanol–water partition coefficient (Wildman–Crippen LogP) is 3.69. The second-order valence-electron chi connectivity index (χ2n) is 5.05. The molecule has 0 spiro atoms. The molecule has 0 aliphatic carbocycles. The van der Waals surface area contributed by atoms with Crippen LogP contribution in [0.25, 0.3) is 11.3 Å². The van der Waals surface area contributed by atoms with Crippen molar-refractivity contribution in [3.63, 3.8) is 0 Å². The van der Waals surface area contributed by atoms with Crippen LogP contribution in [0.15, 0.2) is 65.8 Å². The van der Waals surface area contributed by atoms with Crippen LogP contribution < -0.4 is 10.1 Å². The maximum Gasteiger partial charge on any atom is 0.256 e. The smallest absolute Gasteiger partial charge is 0.256 e. The third-order valence-corrected chi connectivity index (χ3v) is 3.32. The van der Waals surface area contributed by atoms with E-state index in [-0.39, 0.29) is 17.5 Å². The van der Waals surface area contributed by atoms with Crippen molar-refractivity contribution < 1.29 is 18.6 Å². The molecule has 126 valence electrons. The molecule has 6 nitrogen and oxygen atoms in total. The molecule has 0 atom stereocenters. The molecular weight excluding hydrogens is 325 g/mol. The van der Waals surface area contributed by atoms with E-state index in [0.717, 1.165) is 0 Å². The average Bonchev–Trinajstić information content (AvgIpc) is 3.09. The van der Waals surface area contributed by atoms with Crippen LogP contribution in [0.2, 0.25) is 0 Å². The van der Waals surface area contributed by atoms with Crippen LogP contribution in [0, 0.1) is 5.82 Å². The van der Waals surface area contributed by atoms with Crippen molar-refractivity contribution in [1.29, 1.82) is 0 Å². The molecular formula is C18H14FN3O3. The monoisotopic (exact) mass is 339 g/mol. The third-order valence-electron chi connectivity index (χ3n) is 3.32. The van der Waals surface area contributed by atoms with Crippen molar-refractivity contribution in [2.75, 3.05) is 11.9 Å². The van der Waals surface area contributed by atoms with E-state index in [2.05, 4.69) is 22.2 Å². The fourth-order valence-corrected chi connectivity index (χ4v) is 2.11. The number of aromatic nitrogens is 2. The van der Waals surface area contributed by atoms with Crippen molar-refractivity contribution in [3.05, 3.63) is 72.6 Å². The summed E-state index contributed by atoms with van der Waals surface area (Å²) in [6, 6.07) is 12.2. The van der Waals surface area contributed by atoms with E-state index in [1.54, 1.807) is 30.3 Å². The zero-order valence-electron chi connectivity index (χ0n) is 13.1. The number of carbonyl (C=O) groups excluding carboxylic acids is 1. The second-order valence-corrected chi connectivity index (χ2v) is 5.05. The lowest BCUT2D eigenvalue weighted by Gasteiger charge is -2.06. The van der Waals surface area contributed by atoms with Gasteiger partial charge < -0.3 is 10.1 Å². The molecule has 0 bridgehead atoms. The first kappa shape index (κ1) is 16.4. The highest BCUT2D eigenvalue weighted by molar-refractivity contribution is 6.05. The first-order valence-corrected chi connectivity index (χ1v) is 7.41. The van der Waals surface area contributed by atoms with E-state index >= 15 is 0 Å². The standard InChI is InChI=1S/C18H14FN3O3/c1-2-11-24-15-9-5-13(6-10-15)18(23)20-17-16(21-25-22-17)12-3-7-14(19)8-4-12/h2-10H,1,11H2,(H,20,22,23). The largest absolute Gasteiger partial charge is 0.490 e. The average molecular weight is 339 g/mol. The summed E-state index contributed by atoms with van der Waals surface area (Å²) in [4.78, 5) is 12.3. The number of hydrogen-bond donors (Lipinski definition) is 1. The lowest BCUT2D eigenvalue weighted by Crippen LogP contribution is -2.12. The molecule has 7 heteroatoms. The number of hydrogen-bond acceptors (Lipinski definition) is 5. The second kappa shape index (κ2) is 7.39. The number of nitrogens with zero attached hydrogens (tertiary/aromatic N) is 2. The van der Waals surface area contributed by atoms with Crippen LogP contribution in [-0.2, 0) is 0 Å². The minimum atomic E-state index is -0.380. The highest BCUT2D eigenvalue weighted by Crippen LogP contribution is 2.25. The lowest BCUT2D eigenvalue weighted by molar-refractivity contribution is 0.102. The molecule has 0 fully saturated rings. The van der Waals surface area contributed by atoms with Crippen molar-refractivity contribution >= 4 is 11.7 Å². The number of anilines is 1. The first-order valence-electron chi connectivity index (χ1n) is 7.41. The van der Waals surface area contributed by atoms with Gasteiger partial charge in [0, 0.05) is 11.1 Å². The summed E-state index contributed by atoms with van der Waals surface area (Å²) in [5.74, 6) is 0.0361. The molecule has 1 amide bonds. The fraction of sp³-hybridized carbons (Fsp3) is 0.0556. The number of ether oxygens (including phenoxy) is 1. The Morgan fingerprint density at radius 2 is 1.88 bits per heavy atom. The quantitative estimate of drug-likeness (QED) is 0.693. The van der Waals surface area contributed by atoms with Gasteiger partial charge in [-0.25, -0.2) is 9.02 Å². The Balaban J connectivity index is 1.74. The van der Waals surface area contributed by atoms with E-state index in [1.807, 2.05) is 0 Å². The molecule has 0 unspecified atom stereocenters. The van der Waals surface area contributed by atoms with Crippen LogP contribution in [0.4, 0.5) is 10.2 Å². The molecule has 1 heterocycles. The Kier molecular flexibility index (Phi) is 4.84. The fourth-order valence-electron chi connectivity index (χ4n) is 2.11. The number of halogens is 1. The van der Waals surface area contributed by atoms with Gasteiger partial charge in [-0.1, -0.05) is 12.7 Å². The number of rotatable bonds is 6. The van der Waals surface area contributed by atoms with Gasteiger partial charge in [0.25, 0.3) is 5.91 Å². The van der Waals surface area contributed by atoms with Gasteiger partial charge in [0.05, 0.1) is 0 Å². The summed E-state index contributed by atoms with van der Waals surface area (Å²) in [6.07, 6.45) is 1.63. The van der Waals surface area contributed by atoms with Crippen LogP contribution in [0.1, 0.15) is 10.4 Å². The molecule has 0 saturated carbocycles. The third kappa shape index (κ3) is 3.89. The molecule has 1 N–H and O–H groups in total. The van der Waals surface area contributed by atoms with Gasteiger partial charge in [-0.2, -0.15) is 0 Å². The Bertz CT molecular complexity index is 873. The zero-order valence-corrected chi connectivity index (χ0v) is 13.1. The summed E-state index contributed by atoms with van der Waals surface area (Å²) >= 11 is 0. The molecule has 25 heavy (non-hydrogen) atoms. The molecule has 3 aromatic rings.